The maximum absolute atomic E-state index is 13.2. The summed E-state index contributed by atoms with van der Waals surface area (Å²) in [7, 11) is 0. The van der Waals surface area contributed by atoms with E-state index in [0.29, 0.717) is 0 Å². The smallest absolute Gasteiger partial charge is 0.204 e. The van der Waals surface area contributed by atoms with Gasteiger partial charge in [-0.2, -0.15) is 0 Å². The third-order valence-electron chi connectivity index (χ3n) is 6.96. The zero-order chi connectivity index (χ0) is 27.5. The largest absolute Gasteiger partial charge is 0.508 e. The van der Waals surface area contributed by atoms with Crippen molar-refractivity contribution in [3.63, 3.8) is 0 Å². The van der Waals surface area contributed by atoms with Crippen LogP contribution in [0.3, 0.4) is 0 Å². The number of benzene rings is 2. The highest BCUT2D eigenvalue weighted by molar-refractivity contribution is 5.95. The topological polar surface area (TPSA) is 240 Å². The summed E-state index contributed by atoms with van der Waals surface area (Å²) in [6.45, 7) is -2.23. The van der Waals surface area contributed by atoms with Gasteiger partial charge in [-0.15, -0.1) is 0 Å². The molecule has 1 aromatic heterocycles. The minimum atomic E-state index is -2.09. The molecule has 2 fully saturated rings. The predicted octanol–water partition coefficient (Wildman–Crippen LogP) is -1.96. The number of hydrogen-bond acceptors (Lipinski definition) is 14. The van der Waals surface area contributed by atoms with Gasteiger partial charge >= 0.3 is 0 Å². The monoisotopic (exact) mass is 538 g/mol. The molecule has 2 aliphatic heterocycles. The van der Waals surface area contributed by atoms with Crippen LogP contribution in [-0.4, -0.2) is 108 Å². The molecule has 14 nitrogen and oxygen atoms in total. The van der Waals surface area contributed by atoms with Crippen molar-refractivity contribution < 1.29 is 64.6 Å². The van der Waals surface area contributed by atoms with E-state index in [1.807, 2.05) is 0 Å². The predicted molar refractivity (Wildman–Crippen MR) is 124 cm³/mol. The SMILES string of the molecule is O=c1c2cc(O)ccc2oc2cc(O)c([C@@H]3O[C@H](CO)[C@@H](O)[C@H](O)[C@H]3O[C@@H]3OC[C@](O)(CO)[C@H]3O)c(O)c12. The van der Waals surface area contributed by atoms with Crippen LogP contribution in [0.15, 0.2) is 33.5 Å². The van der Waals surface area contributed by atoms with E-state index in [0.717, 1.165) is 12.1 Å². The van der Waals surface area contributed by atoms with Crippen molar-refractivity contribution in [1.82, 2.24) is 0 Å². The Bertz CT molecular complexity index is 1420. The molecule has 3 heterocycles. The lowest BCUT2D eigenvalue weighted by molar-refractivity contribution is -0.287. The molecule has 206 valence electrons. The zero-order valence-corrected chi connectivity index (χ0v) is 19.5. The molecule has 0 saturated carbocycles. The van der Waals surface area contributed by atoms with E-state index in [-0.39, 0.29) is 22.3 Å². The zero-order valence-electron chi connectivity index (χ0n) is 19.5. The molecule has 0 bridgehead atoms. The standard InChI is InChI=1S/C24H26O14/c25-5-13-17(30)19(32)21(38-23-22(33)24(34,6-26)7-35-23)20(37-13)14-10(28)4-12-15(18(14)31)16(29)9-3-8(27)1-2-11(9)36-12/h1-4,13,17,19-23,25-28,30-34H,5-7H2/t13-,17-,19+,20+,21-,22+,23+,24-/m1/s1. The summed E-state index contributed by atoms with van der Waals surface area (Å²) in [6.07, 6.45) is -11.9. The van der Waals surface area contributed by atoms with E-state index >= 15 is 0 Å². The highest BCUT2D eigenvalue weighted by atomic mass is 16.7. The lowest BCUT2D eigenvalue weighted by atomic mass is 9.89. The minimum Gasteiger partial charge on any atom is -0.508 e. The van der Waals surface area contributed by atoms with Gasteiger partial charge in [0.2, 0.25) is 5.43 Å². The first kappa shape index (κ1) is 26.6. The molecule has 2 aromatic carbocycles. The highest BCUT2D eigenvalue weighted by Crippen LogP contribution is 2.46. The number of phenols is 3. The number of aliphatic hydroxyl groups is 6. The summed E-state index contributed by atoms with van der Waals surface area (Å²) < 4.78 is 22.1. The first-order chi connectivity index (χ1) is 18.0. The quantitative estimate of drug-likeness (QED) is 0.160. The fourth-order valence-electron chi connectivity index (χ4n) is 4.80. The Hall–Kier alpha value is -3.05. The summed E-state index contributed by atoms with van der Waals surface area (Å²) in [4.78, 5) is 13.2. The van der Waals surface area contributed by atoms with Crippen molar-refractivity contribution in [3.05, 3.63) is 40.1 Å². The highest BCUT2D eigenvalue weighted by Gasteiger charge is 2.53. The van der Waals surface area contributed by atoms with Gasteiger partial charge in [0.05, 0.1) is 30.8 Å². The number of fused-ring (bicyclic) bond motifs is 2. The van der Waals surface area contributed by atoms with E-state index in [1.54, 1.807) is 0 Å². The fraction of sp³-hybridized carbons (Fsp3) is 0.458. The molecule has 3 aromatic rings. The van der Waals surface area contributed by atoms with Gasteiger partial charge in [-0.25, -0.2) is 0 Å². The van der Waals surface area contributed by atoms with E-state index in [4.69, 9.17) is 18.6 Å². The molecule has 0 radical (unpaired) electrons. The van der Waals surface area contributed by atoms with Gasteiger partial charge in [0.25, 0.3) is 0 Å². The first-order valence-electron chi connectivity index (χ1n) is 11.6. The number of aromatic hydroxyl groups is 3. The van der Waals surface area contributed by atoms with Crippen LogP contribution in [0.5, 0.6) is 17.2 Å². The molecular weight excluding hydrogens is 512 g/mol. The Morgan fingerprint density at radius 1 is 1.03 bits per heavy atom. The van der Waals surface area contributed by atoms with Crippen LogP contribution in [0, 0.1) is 0 Å². The van der Waals surface area contributed by atoms with Gasteiger partial charge in [0, 0.05) is 6.07 Å². The summed E-state index contributed by atoms with van der Waals surface area (Å²) in [5.74, 6) is -1.75. The summed E-state index contributed by atoms with van der Waals surface area (Å²) >= 11 is 0. The molecule has 5 rings (SSSR count). The maximum atomic E-state index is 13.2. The van der Waals surface area contributed by atoms with Crippen LogP contribution in [-0.2, 0) is 14.2 Å². The van der Waals surface area contributed by atoms with Crippen molar-refractivity contribution >= 4 is 21.9 Å². The average molecular weight is 538 g/mol. The average Bonchev–Trinajstić information content (AvgIpc) is 3.17. The molecule has 14 heteroatoms. The Morgan fingerprint density at radius 2 is 1.76 bits per heavy atom. The summed E-state index contributed by atoms with van der Waals surface area (Å²) in [5, 5.41) is 92.3. The van der Waals surface area contributed by atoms with Gasteiger partial charge in [0.1, 0.15) is 76.0 Å². The molecule has 2 saturated heterocycles. The number of rotatable bonds is 5. The second-order valence-electron chi connectivity index (χ2n) is 9.39. The molecule has 0 amide bonds. The van der Waals surface area contributed by atoms with E-state index in [1.165, 1.54) is 12.1 Å². The molecule has 38 heavy (non-hydrogen) atoms. The second-order valence-corrected chi connectivity index (χ2v) is 9.39. The van der Waals surface area contributed by atoms with Gasteiger partial charge in [0.15, 0.2) is 6.29 Å². The summed E-state index contributed by atoms with van der Waals surface area (Å²) in [6, 6.07) is 4.74. The molecule has 0 aliphatic carbocycles. The molecule has 8 atom stereocenters. The summed E-state index contributed by atoms with van der Waals surface area (Å²) in [5.41, 5.74) is -3.51. The van der Waals surface area contributed by atoms with Gasteiger partial charge in [-0.1, -0.05) is 0 Å². The van der Waals surface area contributed by atoms with Crippen LogP contribution < -0.4 is 5.43 Å². The number of phenolic OH excluding ortho intramolecular Hbond substituents is 3. The number of ether oxygens (including phenoxy) is 3. The van der Waals surface area contributed by atoms with Crippen LogP contribution in [0.25, 0.3) is 21.9 Å². The maximum Gasteiger partial charge on any atom is 0.204 e. The first-order valence-corrected chi connectivity index (χ1v) is 11.6. The molecule has 2 aliphatic rings. The van der Waals surface area contributed by atoms with Crippen LogP contribution in [0.1, 0.15) is 11.7 Å². The Morgan fingerprint density at radius 3 is 2.42 bits per heavy atom. The molecule has 9 N–H and O–H groups in total. The van der Waals surface area contributed by atoms with Crippen molar-refractivity contribution in [1.29, 1.82) is 0 Å². The van der Waals surface area contributed by atoms with Gasteiger partial charge < -0.3 is 64.6 Å². The van der Waals surface area contributed by atoms with Crippen LogP contribution in [0.4, 0.5) is 0 Å². The Kier molecular flexibility index (Phi) is 6.71. The van der Waals surface area contributed by atoms with Crippen LogP contribution in [0.2, 0.25) is 0 Å². The minimum absolute atomic E-state index is 0.0598. The van der Waals surface area contributed by atoms with Crippen molar-refractivity contribution in [2.24, 2.45) is 0 Å². The van der Waals surface area contributed by atoms with E-state index in [9.17, 15) is 50.8 Å². The fourth-order valence-corrected chi connectivity index (χ4v) is 4.80. The van der Waals surface area contributed by atoms with Crippen LogP contribution >= 0.6 is 0 Å². The normalized spacial score (nSPS) is 33.8. The van der Waals surface area contributed by atoms with Crippen molar-refractivity contribution in [2.75, 3.05) is 19.8 Å². The van der Waals surface area contributed by atoms with Gasteiger partial charge in [-0.3, -0.25) is 4.79 Å². The number of aliphatic hydroxyl groups excluding tert-OH is 5. The lowest BCUT2D eigenvalue weighted by Crippen LogP contribution is -2.58. The third kappa shape index (κ3) is 4.07. The van der Waals surface area contributed by atoms with Gasteiger partial charge in [-0.05, 0) is 18.2 Å². The Balaban J connectivity index is 1.64. The third-order valence-corrected chi connectivity index (χ3v) is 6.96. The van der Waals surface area contributed by atoms with E-state index in [2.05, 4.69) is 0 Å². The lowest BCUT2D eigenvalue weighted by Gasteiger charge is -2.43. The Labute approximate surface area is 212 Å². The molecule has 0 spiro atoms. The second kappa shape index (κ2) is 9.60. The van der Waals surface area contributed by atoms with E-state index < -0.39 is 96.2 Å². The van der Waals surface area contributed by atoms with Crippen molar-refractivity contribution in [3.8, 4) is 17.2 Å². The molecule has 0 unspecified atom stereocenters. The van der Waals surface area contributed by atoms with Crippen molar-refractivity contribution in [2.45, 2.75) is 48.5 Å². The molecular formula is C24H26O14. The number of hydrogen-bond donors (Lipinski definition) is 9.